The first-order valence-electron chi connectivity index (χ1n) is 7.51. The van der Waals surface area contributed by atoms with Crippen LogP contribution in [-0.2, 0) is 15.5 Å². The molecule has 3 rings (SSSR count). The van der Waals surface area contributed by atoms with Crippen molar-refractivity contribution in [2.45, 2.75) is 62.0 Å². The van der Waals surface area contributed by atoms with Crippen LogP contribution >= 0.6 is 0 Å². The van der Waals surface area contributed by atoms with Crippen LogP contribution in [0.25, 0.3) is 0 Å². The van der Waals surface area contributed by atoms with Gasteiger partial charge in [-0.3, -0.25) is 4.21 Å². The van der Waals surface area contributed by atoms with Gasteiger partial charge in [-0.05, 0) is 50.3 Å². The first-order valence-corrected chi connectivity index (χ1v) is 8.83. The van der Waals surface area contributed by atoms with Crippen molar-refractivity contribution in [2.24, 2.45) is 0 Å². The SMILES string of the molecule is Cc1c(N)cccc1S(=O)CC1CCC2(CCCC2)O1. The molecule has 3 nitrogen and oxygen atoms in total. The molecular formula is C16H23NO2S. The largest absolute Gasteiger partial charge is 0.398 e. The summed E-state index contributed by atoms with van der Waals surface area (Å²) in [4.78, 5) is 0.862. The summed E-state index contributed by atoms with van der Waals surface area (Å²) in [5, 5.41) is 0. The lowest BCUT2D eigenvalue weighted by Gasteiger charge is -2.23. The molecule has 1 saturated carbocycles. The molecule has 1 aliphatic carbocycles. The third-order valence-corrected chi connectivity index (χ3v) is 6.37. The third-order valence-electron chi connectivity index (χ3n) is 4.76. The van der Waals surface area contributed by atoms with Gasteiger partial charge in [0.1, 0.15) is 0 Å². The van der Waals surface area contributed by atoms with E-state index >= 15 is 0 Å². The maximum Gasteiger partial charge on any atom is 0.0702 e. The number of anilines is 1. The number of rotatable bonds is 3. The molecule has 2 aliphatic rings. The fourth-order valence-electron chi connectivity index (χ4n) is 3.54. The molecule has 0 amide bonds. The Morgan fingerprint density at radius 3 is 2.85 bits per heavy atom. The van der Waals surface area contributed by atoms with Crippen molar-refractivity contribution < 1.29 is 8.95 Å². The van der Waals surface area contributed by atoms with Gasteiger partial charge in [-0.15, -0.1) is 0 Å². The van der Waals surface area contributed by atoms with E-state index in [4.69, 9.17) is 10.5 Å². The Labute approximate surface area is 123 Å². The van der Waals surface area contributed by atoms with Gasteiger partial charge in [0.2, 0.25) is 0 Å². The standard InChI is InChI=1S/C16H23NO2S/c1-12-14(17)5-4-6-15(12)20(18)11-13-7-10-16(19-13)8-2-3-9-16/h4-6,13H,2-3,7-11,17H2,1H3. The molecule has 2 fully saturated rings. The third kappa shape index (κ3) is 2.63. The summed E-state index contributed by atoms with van der Waals surface area (Å²) in [6.07, 6.45) is 7.28. The predicted molar refractivity (Wildman–Crippen MR) is 82.2 cm³/mol. The van der Waals surface area contributed by atoms with Gasteiger partial charge in [0.15, 0.2) is 0 Å². The lowest BCUT2D eigenvalue weighted by Crippen LogP contribution is -2.27. The Morgan fingerprint density at radius 2 is 2.10 bits per heavy atom. The second-order valence-electron chi connectivity index (χ2n) is 6.15. The van der Waals surface area contributed by atoms with Crippen molar-refractivity contribution in [1.82, 2.24) is 0 Å². The molecule has 1 heterocycles. The zero-order chi connectivity index (χ0) is 14.2. The molecule has 0 radical (unpaired) electrons. The van der Waals surface area contributed by atoms with Crippen LogP contribution in [0.1, 0.15) is 44.1 Å². The fourth-order valence-corrected chi connectivity index (χ4v) is 4.98. The highest BCUT2D eigenvalue weighted by Gasteiger charge is 2.42. The Balaban J connectivity index is 1.66. The zero-order valence-corrected chi connectivity index (χ0v) is 12.9. The monoisotopic (exact) mass is 293 g/mol. The number of hydrogen-bond donors (Lipinski definition) is 1. The molecule has 2 N–H and O–H groups in total. The van der Waals surface area contributed by atoms with Crippen LogP contribution in [0.5, 0.6) is 0 Å². The number of benzene rings is 1. The minimum Gasteiger partial charge on any atom is -0.398 e. The van der Waals surface area contributed by atoms with Crippen LogP contribution in [0, 0.1) is 6.92 Å². The molecule has 1 aromatic carbocycles. The number of nitrogen functional groups attached to an aromatic ring is 1. The molecule has 2 unspecified atom stereocenters. The maximum absolute atomic E-state index is 12.6. The van der Waals surface area contributed by atoms with Crippen molar-refractivity contribution in [3.8, 4) is 0 Å². The van der Waals surface area contributed by atoms with E-state index in [0.717, 1.165) is 29.0 Å². The quantitative estimate of drug-likeness (QED) is 0.871. The molecule has 1 aliphatic heterocycles. The van der Waals surface area contributed by atoms with Gasteiger partial charge in [0.05, 0.1) is 28.3 Å². The van der Waals surface area contributed by atoms with Crippen LogP contribution in [0.2, 0.25) is 0 Å². The predicted octanol–water partition coefficient (Wildman–Crippen LogP) is 3.18. The molecule has 110 valence electrons. The first kappa shape index (κ1) is 14.1. The van der Waals surface area contributed by atoms with E-state index < -0.39 is 10.8 Å². The van der Waals surface area contributed by atoms with Crippen molar-refractivity contribution >= 4 is 16.5 Å². The van der Waals surface area contributed by atoms with Crippen LogP contribution in [0.3, 0.4) is 0 Å². The zero-order valence-electron chi connectivity index (χ0n) is 12.1. The average molecular weight is 293 g/mol. The lowest BCUT2D eigenvalue weighted by atomic mass is 9.98. The first-order chi connectivity index (χ1) is 9.60. The number of hydrogen-bond acceptors (Lipinski definition) is 3. The van der Waals surface area contributed by atoms with E-state index in [9.17, 15) is 4.21 Å². The summed E-state index contributed by atoms with van der Waals surface area (Å²) < 4.78 is 18.8. The van der Waals surface area contributed by atoms with E-state index in [-0.39, 0.29) is 11.7 Å². The molecule has 0 aromatic heterocycles. The van der Waals surface area contributed by atoms with Crippen molar-refractivity contribution in [3.63, 3.8) is 0 Å². The molecule has 2 atom stereocenters. The Kier molecular flexibility index (Phi) is 3.87. The average Bonchev–Trinajstić information content (AvgIpc) is 3.04. The van der Waals surface area contributed by atoms with E-state index in [1.165, 1.54) is 25.7 Å². The number of ether oxygens (including phenoxy) is 1. The second-order valence-corrected chi connectivity index (χ2v) is 7.62. The van der Waals surface area contributed by atoms with Gasteiger partial charge in [0.25, 0.3) is 0 Å². The van der Waals surface area contributed by atoms with Crippen LogP contribution in [0.15, 0.2) is 23.1 Å². The highest BCUT2D eigenvalue weighted by molar-refractivity contribution is 7.85. The summed E-state index contributed by atoms with van der Waals surface area (Å²) in [5.74, 6) is 0.603. The molecular weight excluding hydrogens is 270 g/mol. The molecule has 0 bridgehead atoms. The fraction of sp³-hybridized carbons (Fsp3) is 0.625. The molecule has 20 heavy (non-hydrogen) atoms. The van der Waals surface area contributed by atoms with Gasteiger partial charge < -0.3 is 10.5 Å². The highest BCUT2D eigenvalue weighted by atomic mass is 32.2. The van der Waals surface area contributed by atoms with Gasteiger partial charge >= 0.3 is 0 Å². The van der Waals surface area contributed by atoms with Crippen molar-refractivity contribution in [2.75, 3.05) is 11.5 Å². The van der Waals surface area contributed by atoms with E-state index in [1.54, 1.807) is 0 Å². The maximum atomic E-state index is 12.6. The van der Waals surface area contributed by atoms with Crippen molar-refractivity contribution in [1.29, 1.82) is 0 Å². The van der Waals surface area contributed by atoms with Crippen molar-refractivity contribution in [3.05, 3.63) is 23.8 Å². The van der Waals surface area contributed by atoms with Gasteiger partial charge in [-0.2, -0.15) is 0 Å². The van der Waals surface area contributed by atoms with E-state index in [2.05, 4.69) is 0 Å². The van der Waals surface area contributed by atoms with Gasteiger partial charge in [-0.1, -0.05) is 18.9 Å². The second kappa shape index (κ2) is 5.49. The minimum atomic E-state index is -1.02. The summed E-state index contributed by atoms with van der Waals surface area (Å²) in [7, 11) is -1.02. The molecule has 4 heteroatoms. The lowest BCUT2D eigenvalue weighted by molar-refractivity contribution is -0.0270. The molecule has 1 aromatic rings. The van der Waals surface area contributed by atoms with Crippen LogP contribution in [-0.4, -0.2) is 21.7 Å². The smallest absolute Gasteiger partial charge is 0.0702 e. The Bertz CT molecular complexity index is 523. The normalized spacial score (nSPS) is 26.1. The minimum absolute atomic E-state index is 0.125. The van der Waals surface area contributed by atoms with E-state index in [0.29, 0.717) is 5.75 Å². The van der Waals surface area contributed by atoms with Gasteiger partial charge in [-0.25, -0.2) is 0 Å². The van der Waals surface area contributed by atoms with Gasteiger partial charge in [0, 0.05) is 10.6 Å². The number of nitrogens with two attached hydrogens (primary N) is 1. The van der Waals surface area contributed by atoms with Crippen LogP contribution in [0.4, 0.5) is 5.69 Å². The summed E-state index contributed by atoms with van der Waals surface area (Å²) in [6, 6.07) is 5.65. The topological polar surface area (TPSA) is 52.3 Å². The molecule has 1 spiro atoms. The summed E-state index contributed by atoms with van der Waals surface area (Å²) in [5.41, 5.74) is 7.68. The van der Waals surface area contributed by atoms with Crippen LogP contribution < -0.4 is 5.73 Å². The highest BCUT2D eigenvalue weighted by Crippen LogP contribution is 2.43. The summed E-state index contributed by atoms with van der Waals surface area (Å²) >= 11 is 0. The Morgan fingerprint density at radius 1 is 1.35 bits per heavy atom. The Hall–Kier alpha value is -0.870. The van der Waals surface area contributed by atoms with E-state index in [1.807, 2.05) is 25.1 Å². The molecule has 1 saturated heterocycles. The summed E-state index contributed by atoms with van der Waals surface area (Å²) in [6.45, 7) is 1.94.